The molecule has 4 aromatic rings. The number of urea groups is 1. The van der Waals surface area contributed by atoms with Gasteiger partial charge in [-0.25, -0.2) is 14.8 Å². The first-order valence-electron chi connectivity index (χ1n) is 15.0. The first-order valence-corrected chi connectivity index (χ1v) is 15.0. The lowest BCUT2D eigenvalue weighted by Crippen LogP contribution is -2.49. The molecule has 1 aliphatic heterocycles. The van der Waals surface area contributed by atoms with Crippen molar-refractivity contribution in [2.75, 3.05) is 28.2 Å². The van der Waals surface area contributed by atoms with Crippen LogP contribution in [0.3, 0.4) is 0 Å². The number of aliphatic hydroxyl groups excluding tert-OH is 1. The first-order chi connectivity index (χ1) is 21.5. The highest BCUT2D eigenvalue weighted by Gasteiger charge is 2.32. The van der Waals surface area contributed by atoms with E-state index in [4.69, 9.17) is 4.98 Å². The van der Waals surface area contributed by atoms with Crippen LogP contribution in [0.25, 0.3) is 11.1 Å². The van der Waals surface area contributed by atoms with Gasteiger partial charge in [0, 0.05) is 62.3 Å². The predicted octanol–water partition coefficient (Wildman–Crippen LogP) is 3.85. The summed E-state index contributed by atoms with van der Waals surface area (Å²) >= 11 is 0. The second-order valence-electron chi connectivity index (χ2n) is 11.4. The highest BCUT2D eigenvalue weighted by molar-refractivity contribution is 5.91. The van der Waals surface area contributed by atoms with E-state index in [9.17, 15) is 15.2 Å². The zero-order valence-electron chi connectivity index (χ0n) is 24.7. The summed E-state index contributed by atoms with van der Waals surface area (Å²) in [4.78, 5) is 31.2. The number of hydrogen-bond donors (Lipinski definition) is 3. The summed E-state index contributed by atoms with van der Waals surface area (Å²) in [5.41, 5.74) is 3.32. The van der Waals surface area contributed by atoms with Gasteiger partial charge in [-0.1, -0.05) is 30.3 Å². The van der Waals surface area contributed by atoms with Crippen LogP contribution in [0.5, 0.6) is 0 Å². The van der Waals surface area contributed by atoms with E-state index in [0.717, 1.165) is 42.4 Å². The number of nitriles is 1. The number of aliphatic hydroxyl groups is 1. The molecular weight excluding hydrogens is 556 g/mol. The van der Waals surface area contributed by atoms with E-state index in [-0.39, 0.29) is 18.1 Å². The third-order valence-corrected chi connectivity index (χ3v) is 8.29. The molecule has 1 saturated heterocycles. The van der Waals surface area contributed by atoms with Crippen LogP contribution in [0.2, 0.25) is 0 Å². The van der Waals surface area contributed by atoms with Gasteiger partial charge in [0.25, 0.3) is 0 Å². The van der Waals surface area contributed by atoms with Crippen LogP contribution < -0.4 is 20.4 Å². The van der Waals surface area contributed by atoms with Crippen LogP contribution >= 0.6 is 0 Å². The Hall–Kier alpha value is -5.02. The molecule has 4 heterocycles. The molecule has 0 spiro atoms. The van der Waals surface area contributed by atoms with Crippen LogP contribution in [0, 0.1) is 11.3 Å². The average molecular weight is 593 g/mol. The zero-order valence-corrected chi connectivity index (χ0v) is 24.7. The number of amides is 2. The van der Waals surface area contributed by atoms with Gasteiger partial charge in [0.2, 0.25) is 5.95 Å². The van der Waals surface area contributed by atoms with Gasteiger partial charge in [0.15, 0.2) is 5.82 Å². The largest absolute Gasteiger partial charge is 0.391 e. The molecule has 2 amide bonds. The lowest BCUT2D eigenvalue weighted by atomic mass is 9.90. The maximum atomic E-state index is 13.7. The van der Waals surface area contributed by atoms with Gasteiger partial charge in [0.05, 0.1) is 18.5 Å². The number of aromatic nitrogens is 5. The van der Waals surface area contributed by atoms with Crippen molar-refractivity contribution in [2.24, 2.45) is 7.05 Å². The molecule has 6 rings (SSSR count). The molecule has 0 radical (unpaired) electrons. The van der Waals surface area contributed by atoms with Crippen LogP contribution in [-0.4, -0.2) is 67.1 Å². The number of hydrogen-bond acceptors (Lipinski definition) is 9. The summed E-state index contributed by atoms with van der Waals surface area (Å²) in [5.74, 6) is 1.62. The maximum absolute atomic E-state index is 13.7. The van der Waals surface area contributed by atoms with Gasteiger partial charge >= 0.3 is 6.03 Å². The fourth-order valence-corrected chi connectivity index (χ4v) is 5.94. The normalized spacial score (nSPS) is 19.8. The number of β-amino-alcohol motifs (C(OH)–C–C–N with tert-alkyl or cyclic N) is 1. The molecule has 3 aromatic heterocycles. The number of nitrogens with one attached hydrogen (secondary N) is 2. The van der Waals surface area contributed by atoms with E-state index < -0.39 is 6.10 Å². The fraction of sp³-hybridized carbons (Fsp3) is 0.375. The summed E-state index contributed by atoms with van der Waals surface area (Å²) in [7, 11) is 1.88. The van der Waals surface area contributed by atoms with E-state index in [1.165, 1.54) is 0 Å². The van der Waals surface area contributed by atoms with Gasteiger partial charge in [-0.2, -0.15) is 15.3 Å². The van der Waals surface area contributed by atoms with Crippen LogP contribution in [-0.2, 0) is 13.6 Å². The third kappa shape index (κ3) is 6.63. The topological polar surface area (TPSA) is 148 Å². The minimum absolute atomic E-state index is 0.0379. The molecule has 44 heavy (non-hydrogen) atoms. The highest BCUT2D eigenvalue weighted by atomic mass is 16.3. The van der Waals surface area contributed by atoms with E-state index in [0.29, 0.717) is 49.2 Å². The molecule has 1 aromatic carbocycles. The van der Waals surface area contributed by atoms with E-state index in [2.05, 4.69) is 31.8 Å². The van der Waals surface area contributed by atoms with Crippen molar-refractivity contribution < 1.29 is 9.90 Å². The molecule has 1 unspecified atom stereocenters. The Morgan fingerprint density at radius 1 is 1.05 bits per heavy atom. The van der Waals surface area contributed by atoms with Crippen molar-refractivity contribution >= 4 is 23.6 Å². The van der Waals surface area contributed by atoms with Crippen molar-refractivity contribution in [1.82, 2.24) is 30.0 Å². The van der Waals surface area contributed by atoms with Gasteiger partial charge < -0.3 is 20.6 Å². The van der Waals surface area contributed by atoms with Crippen molar-refractivity contribution in [3.8, 4) is 17.2 Å². The summed E-state index contributed by atoms with van der Waals surface area (Å²) < 4.78 is 1.75. The molecule has 1 atom stereocenters. The van der Waals surface area contributed by atoms with Crippen LogP contribution in [0.15, 0.2) is 67.3 Å². The molecule has 2 aliphatic rings. The average Bonchev–Trinajstić information content (AvgIpc) is 3.70. The standard InChI is InChI=1S/C32H36N10O2/c1-40-20-25(19-37-40)23-7-12-29(34-17-23)42(32(44)36-16-22-5-3-2-4-6-22)27-10-8-26(9-11-27)38-31-35-18-24(15-33)30(39-31)41-14-13-28(43)21-41/h2-7,12,17-20,26-28,43H,8-11,13-14,16,21H2,1H3,(H,36,44)(H,35,38,39)/t26-,27-,28?. The highest BCUT2D eigenvalue weighted by Crippen LogP contribution is 2.30. The summed E-state index contributed by atoms with van der Waals surface area (Å²) in [6.07, 6.45) is 10.4. The number of pyridine rings is 1. The van der Waals surface area contributed by atoms with Crippen molar-refractivity contribution in [3.63, 3.8) is 0 Å². The zero-order chi connectivity index (χ0) is 30.5. The van der Waals surface area contributed by atoms with Gasteiger partial charge in [-0.3, -0.25) is 9.58 Å². The number of carbonyl (C=O) groups excluding carboxylic acids is 1. The van der Waals surface area contributed by atoms with Crippen molar-refractivity contribution in [2.45, 2.75) is 56.8 Å². The molecule has 12 nitrogen and oxygen atoms in total. The Kier molecular flexibility index (Phi) is 8.65. The van der Waals surface area contributed by atoms with Crippen LogP contribution in [0.1, 0.15) is 43.2 Å². The number of rotatable bonds is 8. The van der Waals surface area contributed by atoms with Gasteiger partial charge in [-0.15, -0.1) is 0 Å². The Bertz CT molecular complexity index is 1610. The third-order valence-electron chi connectivity index (χ3n) is 8.29. The number of anilines is 3. The van der Waals surface area contributed by atoms with Gasteiger partial charge in [0.1, 0.15) is 17.5 Å². The van der Waals surface area contributed by atoms with Crippen molar-refractivity contribution in [3.05, 3.63) is 78.4 Å². The second-order valence-corrected chi connectivity index (χ2v) is 11.4. The molecular formula is C32H36N10O2. The SMILES string of the molecule is Cn1cc(-c2ccc(N(C(=O)NCc3ccccc3)[C@H]3CC[C@H](Nc4ncc(C#N)c(N5CCC(O)C5)n4)CC3)nc2)cn1. The molecule has 3 N–H and O–H groups in total. The molecule has 226 valence electrons. The lowest BCUT2D eigenvalue weighted by Gasteiger charge is -2.36. The Morgan fingerprint density at radius 3 is 2.52 bits per heavy atom. The Balaban J connectivity index is 1.15. The summed E-state index contributed by atoms with van der Waals surface area (Å²) in [6, 6.07) is 15.8. The predicted molar refractivity (Wildman–Crippen MR) is 167 cm³/mol. The lowest BCUT2D eigenvalue weighted by molar-refractivity contribution is 0.198. The van der Waals surface area contributed by atoms with Crippen molar-refractivity contribution in [1.29, 1.82) is 5.26 Å². The quantitative estimate of drug-likeness (QED) is 0.277. The minimum Gasteiger partial charge on any atom is -0.391 e. The fourth-order valence-electron chi connectivity index (χ4n) is 5.94. The number of benzene rings is 1. The maximum Gasteiger partial charge on any atom is 0.323 e. The smallest absolute Gasteiger partial charge is 0.323 e. The molecule has 12 heteroatoms. The summed E-state index contributed by atoms with van der Waals surface area (Å²) in [6.45, 7) is 1.53. The number of nitrogens with zero attached hydrogens (tertiary/aromatic N) is 8. The summed E-state index contributed by atoms with van der Waals surface area (Å²) in [5, 5.41) is 30.3. The molecule has 1 saturated carbocycles. The molecule has 1 aliphatic carbocycles. The second kappa shape index (κ2) is 13.1. The van der Waals surface area contributed by atoms with E-state index >= 15 is 0 Å². The van der Waals surface area contributed by atoms with Crippen LogP contribution in [0.4, 0.5) is 22.4 Å². The molecule has 0 bridgehead atoms. The van der Waals surface area contributed by atoms with E-state index in [1.807, 2.05) is 60.6 Å². The first kappa shape index (κ1) is 29.1. The number of carbonyl (C=O) groups is 1. The Labute approximate surface area is 256 Å². The molecule has 2 fully saturated rings. The van der Waals surface area contributed by atoms with E-state index in [1.54, 1.807) is 28.2 Å². The Morgan fingerprint density at radius 2 is 1.86 bits per heavy atom. The number of aryl methyl sites for hydroxylation is 1. The van der Waals surface area contributed by atoms with Gasteiger partial charge in [-0.05, 0) is 49.8 Å². The monoisotopic (exact) mass is 592 g/mol. The minimum atomic E-state index is -0.419.